The second-order valence-electron chi connectivity index (χ2n) is 13.5. The average molecular weight is 661 g/mol. The molecule has 6 rings (SSSR count). The Labute approximate surface area is 282 Å². The van der Waals surface area contributed by atoms with Crippen molar-refractivity contribution in [3.63, 3.8) is 0 Å². The Morgan fingerprint density at radius 3 is 2.55 bits per heavy atom. The lowest BCUT2D eigenvalue weighted by molar-refractivity contribution is -0.142. The summed E-state index contributed by atoms with van der Waals surface area (Å²) < 4.78 is 6.06. The number of benzene rings is 2. The van der Waals surface area contributed by atoms with Crippen LogP contribution in [-0.2, 0) is 26.2 Å². The van der Waals surface area contributed by atoms with E-state index in [1.54, 1.807) is 17.0 Å². The maximum absolute atomic E-state index is 14.1. The fraction of sp³-hybridized carbons (Fsp3) is 0.528. The lowest BCUT2D eigenvalue weighted by atomic mass is 9.68. The molecule has 11 heteroatoms. The Kier molecular flexibility index (Phi) is 9.97. The van der Waals surface area contributed by atoms with E-state index in [-0.39, 0.29) is 23.7 Å². The molecule has 10 nitrogen and oxygen atoms in total. The number of terminal acetylenes is 1. The number of hydrogen-bond donors (Lipinski definition) is 2. The third kappa shape index (κ3) is 7.23. The number of nitrogens with two attached hydrogens (primary N) is 1. The van der Waals surface area contributed by atoms with Crippen molar-refractivity contribution >= 4 is 40.9 Å². The zero-order valence-electron chi connectivity index (χ0n) is 27.2. The molecule has 4 aliphatic rings. The predicted molar refractivity (Wildman–Crippen MR) is 183 cm³/mol. The number of anilines is 2. The molecule has 0 aromatic heterocycles. The number of piperidine rings is 2. The Morgan fingerprint density at radius 1 is 1.06 bits per heavy atom. The summed E-state index contributed by atoms with van der Waals surface area (Å²) in [6, 6.07) is 11.7. The summed E-state index contributed by atoms with van der Waals surface area (Å²) in [4.78, 5) is 48.8. The van der Waals surface area contributed by atoms with Gasteiger partial charge in [0, 0.05) is 74.8 Å². The molecule has 3 saturated heterocycles. The van der Waals surface area contributed by atoms with Crippen LogP contribution in [0.3, 0.4) is 0 Å². The fourth-order valence-electron chi connectivity index (χ4n) is 7.80. The van der Waals surface area contributed by atoms with Gasteiger partial charge in [-0.1, -0.05) is 35.7 Å². The molecule has 1 atom stereocenters. The van der Waals surface area contributed by atoms with E-state index in [1.165, 1.54) is 0 Å². The number of halogens is 1. The molecule has 250 valence electrons. The van der Waals surface area contributed by atoms with E-state index in [9.17, 15) is 14.4 Å². The van der Waals surface area contributed by atoms with Crippen molar-refractivity contribution in [1.29, 1.82) is 0 Å². The van der Waals surface area contributed by atoms with Crippen LogP contribution in [0.25, 0.3) is 0 Å². The monoisotopic (exact) mass is 660 g/mol. The van der Waals surface area contributed by atoms with Crippen LogP contribution >= 0.6 is 11.6 Å². The molecule has 0 saturated carbocycles. The highest BCUT2D eigenvalue weighted by molar-refractivity contribution is 6.33. The van der Waals surface area contributed by atoms with Crippen molar-refractivity contribution in [2.45, 2.75) is 62.5 Å². The first kappa shape index (κ1) is 33.1. The second kappa shape index (κ2) is 14.1. The number of likely N-dealkylation sites (tertiary alicyclic amines) is 2. The minimum atomic E-state index is -1.05. The number of ether oxygens (including phenoxy) is 1. The quantitative estimate of drug-likeness (QED) is 0.369. The number of nitrogen functional groups attached to an aromatic ring is 1. The Balaban J connectivity index is 1.15. The molecule has 0 radical (unpaired) electrons. The molecule has 4 heterocycles. The van der Waals surface area contributed by atoms with Gasteiger partial charge in [0.15, 0.2) is 6.10 Å². The summed E-state index contributed by atoms with van der Waals surface area (Å²) in [5.41, 5.74) is 9.10. The van der Waals surface area contributed by atoms with E-state index in [2.05, 4.69) is 34.2 Å². The van der Waals surface area contributed by atoms with Crippen LogP contribution in [0.5, 0.6) is 0 Å². The number of nitrogens with zero attached hydrogens (tertiary/aromatic N) is 4. The lowest BCUT2D eigenvalue weighted by Gasteiger charge is -2.44. The molecule has 0 bridgehead atoms. The first-order chi connectivity index (χ1) is 22.7. The summed E-state index contributed by atoms with van der Waals surface area (Å²) in [6.45, 7) is 6.34. The summed E-state index contributed by atoms with van der Waals surface area (Å²) in [5.74, 6) is 2.34. The van der Waals surface area contributed by atoms with Gasteiger partial charge in [0.25, 0.3) is 5.91 Å². The number of nitrogens with one attached hydrogen (secondary N) is 1. The van der Waals surface area contributed by atoms with Crippen LogP contribution in [0.15, 0.2) is 36.4 Å². The maximum atomic E-state index is 14.1. The molecule has 2 aromatic carbocycles. The van der Waals surface area contributed by atoms with E-state index < -0.39 is 12.2 Å². The van der Waals surface area contributed by atoms with Gasteiger partial charge in [-0.2, -0.15) is 0 Å². The van der Waals surface area contributed by atoms with Crippen LogP contribution in [0.2, 0.25) is 5.02 Å². The maximum Gasteiger partial charge on any atom is 0.410 e. The minimum Gasteiger partial charge on any atom is -0.436 e. The van der Waals surface area contributed by atoms with Crippen LogP contribution in [-0.4, -0.2) is 109 Å². The Morgan fingerprint density at radius 2 is 1.81 bits per heavy atom. The number of amides is 3. The summed E-state index contributed by atoms with van der Waals surface area (Å²) in [6.07, 6.45) is 8.78. The van der Waals surface area contributed by atoms with Crippen molar-refractivity contribution in [1.82, 2.24) is 19.6 Å². The lowest BCUT2D eigenvalue weighted by Crippen LogP contribution is -2.52. The van der Waals surface area contributed by atoms with Crippen molar-refractivity contribution in [3.05, 3.63) is 58.1 Å². The van der Waals surface area contributed by atoms with E-state index >= 15 is 0 Å². The van der Waals surface area contributed by atoms with Crippen LogP contribution < -0.4 is 11.1 Å². The van der Waals surface area contributed by atoms with Gasteiger partial charge in [0.1, 0.15) is 0 Å². The second-order valence-corrected chi connectivity index (χ2v) is 14.0. The van der Waals surface area contributed by atoms with Gasteiger partial charge >= 0.3 is 6.09 Å². The molecule has 1 spiro atoms. The fourth-order valence-corrected chi connectivity index (χ4v) is 8.04. The minimum absolute atomic E-state index is 0.00849. The number of para-hydroxylation sites is 1. The average Bonchev–Trinajstić information content (AvgIpc) is 3.30. The molecule has 4 aliphatic heterocycles. The summed E-state index contributed by atoms with van der Waals surface area (Å²) in [7, 11) is 2.17. The topological polar surface area (TPSA) is 111 Å². The van der Waals surface area contributed by atoms with Gasteiger partial charge in [0.2, 0.25) is 5.91 Å². The molecular weight excluding hydrogens is 616 g/mol. The third-order valence-corrected chi connectivity index (χ3v) is 10.9. The van der Waals surface area contributed by atoms with Gasteiger partial charge in [0.05, 0.1) is 10.7 Å². The highest BCUT2D eigenvalue weighted by Crippen LogP contribution is 2.45. The first-order valence-corrected chi connectivity index (χ1v) is 17.1. The number of rotatable bonds is 5. The summed E-state index contributed by atoms with van der Waals surface area (Å²) >= 11 is 6.40. The van der Waals surface area contributed by atoms with E-state index in [0.717, 1.165) is 56.7 Å². The van der Waals surface area contributed by atoms with Crippen molar-refractivity contribution in [2.24, 2.45) is 0 Å². The number of hydrogen-bond acceptors (Lipinski definition) is 7. The number of carbonyl (C=O) groups excluding carboxylic acids is 3. The molecular formula is C36H45ClN6O4. The summed E-state index contributed by atoms with van der Waals surface area (Å²) in [5, 5.41) is 3.28. The first-order valence-electron chi connectivity index (χ1n) is 16.8. The van der Waals surface area contributed by atoms with Crippen LogP contribution in [0, 0.1) is 12.3 Å². The standard InChI is InChI=1S/C36H45ClN6O4/c1-3-26-21-25(22-29(37)33(26)38)23-31(34(45)42-15-9-27(10-16-42)41-14-6-13-40(2)19-20-41)47-35(46)43-17-11-36(12-18-43)24-32(44)39-30-8-5-4-7-28(30)36/h1,4-5,7-8,21-22,27,31H,6,9-20,23-24,38H2,2H3,(H,39,44)/t31-/m1/s1. The van der Waals surface area contributed by atoms with E-state index in [0.29, 0.717) is 73.3 Å². The Hall–Kier alpha value is -3.78. The molecule has 3 N–H and O–H groups in total. The number of likely N-dealkylation sites (N-methyl/N-ethyl adjacent to an activating group) is 1. The van der Waals surface area contributed by atoms with Crippen molar-refractivity contribution in [2.75, 3.05) is 70.5 Å². The van der Waals surface area contributed by atoms with Crippen molar-refractivity contribution in [3.8, 4) is 12.3 Å². The van der Waals surface area contributed by atoms with Gasteiger partial charge in [-0.15, -0.1) is 6.42 Å². The molecule has 0 unspecified atom stereocenters. The highest BCUT2D eigenvalue weighted by atomic mass is 35.5. The highest BCUT2D eigenvalue weighted by Gasteiger charge is 2.44. The van der Waals surface area contributed by atoms with Crippen LogP contribution in [0.4, 0.5) is 16.2 Å². The van der Waals surface area contributed by atoms with E-state index in [4.69, 9.17) is 28.5 Å². The molecule has 0 aliphatic carbocycles. The third-order valence-electron chi connectivity index (χ3n) is 10.6. The zero-order valence-corrected chi connectivity index (χ0v) is 27.9. The predicted octanol–water partition coefficient (Wildman–Crippen LogP) is 3.96. The van der Waals surface area contributed by atoms with Gasteiger partial charge in [-0.05, 0) is 81.6 Å². The zero-order chi connectivity index (χ0) is 33.1. The molecule has 3 fully saturated rings. The van der Waals surface area contributed by atoms with E-state index in [1.807, 2.05) is 23.1 Å². The molecule has 47 heavy (non-hydrogen) atoms. The molecule has 3 amide bonds. The SMILES string of the molecule is C#Cc1cc(C[C@@H](OC(=O)N2CCC3(CC2)CC(=O)Nc2ccccc23)C(=O)N2CCC(N3CCCN(C)CC3)CC2)cc(Cl)c1N. The van der Waals surface area contributed by atoms with Crippen LogP contribution in [0.1, 0.15) is 55.2 Å². The number of carbonyl (C=O) groups is 3. The smallest absolute Gasteiger partial charge is 0.410 e. The van der Waals surface area contributed by atoms with Gasteiger partial charge in [-0.25, -0.2) is 4.79 Å². The largest absolute Gasteiger partial charge is 0.436 e. The normalized spacial score (nSPS) is 21.3. The Bertz CT molecular complexity index is 1540. The van der Waals surface area contributed by atoms with Gasteiger partial charge < -0.3 is 30.5 Å². The molecule has 2 aromatic rings. The number of fused-ring (bicyclic) bond motifs is 2. The van der Waals surface area contributed by atoms with Crippen molar-refractivity contribution < 1.29 is 19.1 Å². The van der Waals surface area contributed by atoms with Gasteiger partial charge in [-0.3, -0.25) is 14.5 Å².